The van der Waals surface area contributed by atoms with Crippen LogP contribution < -0.4 is 0 Å². The smallest absolute Gasteiger partial charge is 0.272 e. The normalized spacial score (nSPS) is 22.6. The van der Waals surface area contributed by atoms with Gasteiger partial charge in [0.15, 0.2) is 0 Å². The predicted molar refractivity (Wildman–Crippen MR) is 59.2 cm³/mol. The van der Waals surface area contributed by atoms with Gasteiger partial charge in [0.05, 0.1) is 4.92 Å². The molecule has 1 fully saturated rings. The Morgan fingerprint density at radius 2 is 2.00 bits per heavy atom. The molecule has 0 saturated heterocycles. The molecule has 0 aromatic heterocycles. The first-order valence-corrected chi connectivity index (χ1v) is 5.21. The summed E-state index contributed by atoms with van der Waals surface area (Å²) < 4.78 is 0. The van der Waals surface area contributed by atoms with E-state index in [4.69, 9.17) is 0 Å². The van der Waals surface area contributed by atoms with E-state index in [-0.39, 0.29) is 22.3 Å². The van der Waals surface area contributed by atoms with Gasteiger partial charge in [0.25, 0.3) is 5.69 Å². The fourth-order valence-electron chi connectivity index (χ4n) is 2.21. The molecule has 1 aliphatic carbocycles. The van der Waals surface area contributed by atoms with Gasteiger partial charge in [0.1, 0.15) is 5.78 Å². The molecular weight excluding hydrogens is 206 g/mol. The van der Waals surface area contributed by atoms with Crippen LogP contribution in [0, 0.1) is 15.5 Å². The van der Waals surface area contributed by atoms with Crippen LogP contribution in [0.15, 0.2) is 24.3 Å². The number of carbonyl (C=O) groups excluding carboxylic acids is 1. The summed E-state index contributed by atoms with van der Waals surface area (Å²) in [6.45, 7) is 3.69. The summed E-state index contributed by atoms with van der Waals surface area (Å²) in [6, 6.07) is 6.67. The molecule has 0 amide bonds. The molecule has 0 N–H and O–H groups in total. The van der Waals surface area contributed by atoms with Crippen molar-refractivity contribution in [2.75, 3.05) is 0 Å². The molecule has 16 heavy (non-hydrogen) atoms. The second-order valence-electron chi connectivity index (χ2n) is 4.72. The summed E-state index contributed by atoms with van der Waals surface area (Å²) in [5, 5.41) is 10.9. The van der Waals surface area contributed by atoms with E-state index in [1.54, 1.807) is 18.2 Å². The fraction of sp³-hybridized carbons (Fsp3) is 0.417. The van der Waals surface area contributed by atoms with Crippen LogP contribution in [-0.2, 0) is 4.79 Å². The van der Waals surface area contributed by atoms with Crippen molar-refractivity contribution in [1.82, 2.24) is 0 Å². The van der Waals surface area contributed by atoms with Gasteiger partial charge in [0, 0.05) is 29.4 Å². The second-order valence-corrected chi connectivity index (χ2v) is 4.72. The van der Waals surface area contributed by atoms with Crippen LogP contribution >= 0.6 is 0 Å². The summed E-state index contributed by atoms with van der Waals surface area (Å²) in [6.07, 6.45) is 0.415. The van der Waals surface area contributed by atoms with Gasteiger partial charge >= 0.3 is 0 Å². The minimum atomic E-state index is -0.466. The van der Waals surface area contributed by atoms with Crippen LogP contribution in [0.25, 0.3) is 0 Å². The lowest BCUT2D eigenvalue weighted by Gasteiger charge is -2.42. The molecule has 4 nitrogen and oxygen atoms in total. The highest BCUT2D eigenvalue weighted by molar-refractivity contribution is 5.93. The minimum absolute atomic E-state index is 0.0263. The Morgan fingerprint density at radius 3 is 2.50 bits per heavy atom. The third-order valence-corrected chi connectivity index (χ3v) is 3.49. The first-order valence-electron chi connectivity index (χ1n) is 5.21. The standard InChI is InChI=1S/C12H13NO3/c1-12(2)9(7-11(12)14)8-5-3-4-6-10(8)13(15)16/h3-6,9H,7H2,1-2H3. The number of nitro benzene ring substituents is 1. The van der Waals surface area contributed by atoms with E-state index in [1.165, 1.54) is 6.07 Å². The molecule has 0 bridgehead atoms. The Bertz CT molecular complexity index is 465. The van der Waals surface area contributed by atoms with E-state index in [9.17, 15) is 14.9 Å². The van der Waals surface area contributed by atoms with Crippen molar-refractivity contribution in [2.24, 2.45) is 5.41 Å². The van der Waals surface area contributed by atoms with Crippen molar-refractivity contribution in [3.63, 3.8) is 0 Å². The van der Waals surface area contributed by atoms with Crippen LogP contribution in [0.1, 0.15) is 31.7 Å². The van der Waals surface area contributed by atoms with Gasteiger partial charge in [0.2, 0.25) is 0 Å². The molecule has 1 aromatic rings. The van der Waals surface area contributed by atoms with Crippen molar-refractivity contribution in [3.05, 3.63) is 39.9 Å². The summed E-state index contributed by atoms with van der Waals surface area (Å²) in [4.78, 5) is 21.9. The van der Waals surface area contributed by atoms with Crippen LogP contribution in [0.4, 0.5) is 5.69 Å². The Hall–Kier alpha value is -1.71. The van der Waals surface area contributed by atoms with Crippen LogP contribution in [0.3, 0.4) is 0 Å². The van der Waals surface area contributed by atoms with Gasteiger partial charge in [-0.15, -0.1) is 0 Å². The minimum Gasteiger partial charge on any atom is -0.299 e. The zero-order valence-corrected chi connectivity index (χ0v) is 9.27. The zero-order chi connectivity index (χ0) is 11.9. The molecule has 0 spiro atoms. The van der Waals surface area contributed by atoms with E-state index in [2.05, 4.69) is 0 Å². The van der Waals surface area contributed by atoms with Gasteiger partial charge in [-0.2, -0.15) is 0 Å². The largest absolute Gasteiger partial charge is 0.299 e. The number of rotatable bonds is 2. The lowest BCUT2D eigenvalue weighted by atomic mass is 9.59. The molecule has 0 aliphatic heterocycles. The highest BCUT2D eigenvalue weighted by Gasteiger charge is 2.49. The zero-order valence-electron chi connectivity index (χ0n) is 9.27. The Kier molecular flexibility index (Phi) is 2.30. The number of nitrogens with zero attached hydrogens (tertiary/aromatic N) is 1. The fourth-order valence-corrected chi connectivity index (χ4v) is 2.21. The van der Waals surface area contributed by atoms with E-state index >= 15 is 0 Å². The molecule has 84 valence electrons. The van der Waals surface area contributed by atoms with Gasteiger partial charge in [-0.3, -0.25) is 14.9 Å². The molecule has 0 heterocycles. The number of hydrogen-bond donors (Lipinski definition) is 0. The molecule has 2 rings (SSSR count). The van der Waals surface area contributed by atoms with Crippen molar-refractivity contribution in [1.29, 1.82) is 0 Å². The molecule has 1 aliphatic rings. The number of nitro groups is 1. The van der Waals surface area contributed by atoms with E-state index in [0.717, 1.165) is 0 Å². The molecule has 1 saturated carbocycles. The third kappa shape index (κ3) is 1.41. The number of hydrogen-bond acceptors (Lipinski definition) is 3. The maximum absolute atomic E-state index is 11.4. The number of ketones is 1. The molecule has 1 aromatic carbocycles. The number of Topliss-reactive ketones (excluding diaryl/α,β-unsaturated/α-hetero) is 1. The maximum atomic E-state index is 11.4. The quantitative estimate of drug-likeness (QED) is 0.567. The van der Waals surface area contributed by atoms with Crippen LogP contribution in [0.5, 0.6) is 0 Å². The lowest BCUT2D eigenvalue weighted by molar-refractivity contribution is -0.386. The van der Waals surface area contributed by atoms with Gasteiger partial charge in [-0.1, -0.05) is 32.0 Å². The van der Waals surface area contributed by atoms with Crippen molar-refractivity contribution < 1.29 is 9.72 Å². The van der Waals surface area contributed by atoms with Gasteiger partial charge in [-0.05, 0) is 0 Å². The second kappa shape index (κ2) is 3.40. The average molecular weight is 219 g/mol. The molecule has 4 heteroatoms. The number of carbonyl (C=O) groups is 1. The number of benzene rings is 1. The highest BCUT2D eigenvalue weighted by atomic mass is 16.6. The van der Waals surface area contributed by atoms with Crippen molar-refractivity contribution >= 4 is 11.5 Å². The van der Waals surface area contributed by atoms with Crippen molar-refractivity contribution in [2.45, 2.75) is 26.2 Å². The van der Waals surface area contributed by atoms with Gasteiger partial charge in [-0.25, -0.2) is 0 Å². The van der Waals surface area contributed by atoms with Crippen molar-refractivity contribution in [3.8, 4) is 0 Å². The summed E-state index contributed by atoms with van der Waals surface area (Å²) in [5.41, 5.74) is 0.330. The number of para-hydroxylation sites is 1. The Morgan fingerprint density at radius 1 is 1.38 bits per heavy atom. The van der Waals surface area contributed by atoms with E-state index in [1.807, 2.05) is 13.8 Å². The SMILES string of the molecule is CC1(C)C(=O)CC1c1ccccc1[N+](=O)[O-]. The summed E-state index contributed by atoms with van der Waals surface area (Å²) in [7, 11) is 0. The molecule has 0 radical (unpaired) electrons. The molecular formula is C12H13NO3. The lowest BCUT2D eigenvalue weighted by Crippen LogP contribution is -2.43. The Labute approximate surface area is 93.4 Å². The third-order valence-electron chi connectivity index (χ3n) is 3.49. The van der Waals surface area contributed by atoms with Crippen LogP contribution in [0.2, 0.25) is 0 Å². The van der Waals surface area contributed by atoms with Gasteiger partial charge < -0.3 is 0 Å². The van der Waals surface area contributed by atoms with Crippen LogP contribution in [-0.4, -0.2) is 10.7 Å². The predicted octanol–water partition coefficient (Wildman–Crippen LogP) is 2.68. The summed E-state index contributed by atoms with van der Waals surface area (Å²) >= 11 is 0. The highest BCUT2D eigenvalue weighted by Crippen LogP contribution is 2.51. The first kappa shape index (κ1) is 10.8. The van der Waals surface area contributed by atoms with E-state index in [0.29, 0.717) is 12.0 Å². The first-order chi connectivity index (χ1) is 7.44. The monoisotopic (exact) mass is 219 g/mol. The topological polar surface area (TPSA) is 60.2 Å². The maximum Gasteiger partial charge on any atom is 0.272 e. The molecule has 1 atom stereocenters. The van der Waals surface area contributed by atoms with E-state index < -0.39 is 5.41 Å². The summed E-state index contributed by atoms with van der Waals surface area (Å²) in [5.74, 6) is 0.150. The average Bonchev–Trinajstić information content (AvgIpc) is 2.25. The molecule has 1 unspecified atom stereocenters. The Balaban J connectivity index is 2.43.